The van der Waals surface area contributed by atoms with E-state index in [0.717, 1.165) is 12.1 Å². The zero-order valence-electron chi connectivity index (χ0n) is 10.5. The number of nitrogens with two attached hydrogens (primary N) is 1. The van der Waals surface area contributed by atoms with E-state index in [1.54, 1.807) is 0 Å². The van der Waals surface area contributed by atoms with Crippen LogP contribution in [-0.2, 0) is 0 Å². The first-order valence-corrected chi connectivity index (χ1v) is 6.01. The lowest BCUT2D eigenvalue weighted by atomic mass is 9.95. The summed E-state index contributed by atoms with van der Waals surface area (Å²) >= 11 is 0. The summed E-state index contributed by atoms with van der Waals surface area (Å²) in [6.07, 6.45) is 1.61. The van der Waals surface area contributed by atoms with Crippen molar-refractivity contribution >= 4 is 0 Å². The van der Waals surface area contributed by atoms with Gasteiger partial charge in [-0.05, 0) is 31.4 Å². The van der Waals surface area contributed by atoms with Crippen molar-refractivity contribution in [2.24, 2.45) is 5.73 Å². The molecular formula is C13H19F2NO2. The van der Waals surface area contributed by atoms with Gasteiger partial charge in [-0.1, -0.05) is 6.92 Å². The van der Waals surface area contributed by atoms with Crippen molar-refractivity contribution in [3.05, 3.63) is 29.8 Å². The van der Waals surface area contributed by atoms with Gasteiger partial charge in [0.15, 0.2) is 11.6 Å². The number of hydrogen-bond acceptors (Lipinski definition) is 3. The molecule has 1 aromatic rings. The third kappa shape index (κ3) is 4.23. The Hall–Kier alpha value is -1.20. The normalized spacial score (nSPS) is 14.3. The molecule has 0 saturated heterocycles. The Morgan fingerprint density at radius 1 is 1.39 bits per heavy atom. The fourth-order valence-electron chi connectivity index (χ4n) is 1.60. The monoisotopic (exact) mass is 259 g/mol. The largest absolute Gasteiger partial charge is 0.491 e. The first-order chi connectivity index (χ1) is 8.50. The van der Waals surface area contributed by atoms with E-state index in [-0.39, 0.29) is 18.9 Å². The number of benzene rings is 1. The second kappa shape index (κ2) is 6.66. The Labute approximate surface area is 106 Å². The molecule has 0 bridgehead atoms. The van der Waals surface area contributed by atoms with Gasteiger partial charge in [-0.3, -0.25) is 0 Å². The van der Waals surface area contributed by atoms with Crippen molar-refractivity contribution in [2.75, 3.05) is 13.2 Å². The van der Waals surface area contributed by atoms with Crippen LogP contribution in [0, 0.1) is 11.6 Å². The molecule has 0 radical (unpaired) electrons. The van der Waals surface area contributed by atoms with Crippen molar-refractivity contribution in [3.63, 3.8) is 0 Å². The first-order valence-electron chi connectivity index (χ1n) is 6.01. The molecule has 0 aromatic heterocycles. The van der Waals surface area contributed by atoms with Crippen LogP contribution in [0.25, 0.3) is 0 Å². The fourth-order valence-corrected chi connectivity index (χ4v) is 1.60. The van der Waals surface area contributed by atoms with Gasteiger partial charge in [-0.25, -0.2) is 8.78 Å². The maximum Gasteiger partial charge on any atom is 0.167 e. The van der Waals surface area contributed by atoms with Crippen molar-refractivity contribution in [1.82, 2.24) is 0 Å². The van der Waals surface area contributed by atoms with Crippen LogP contribution in [0.15, 0.2) is 18.2 Å². The van der Waals surface area contributed by atoms with Crippen LogP contribution in [0.1, 0.15) is 26.2 Å². The maximum absolute atomic E-state index is 13.2. The number of aliphatic hydroxyl groups is 1. The fraction of sp³-hybridized carbons (Fsp3) is 0.538. The van der Waals surface area contributed by atoms with Gasteiger partial charge in [0, 0.05) is 12.6 Å². The number of hydrogen-bond donors (Lipinski definition) is 2. The van der Waals surface area contributed by atoms with E-state index in [0.29, 0.717) is 19.3 Å². The lowest BCUT2D eigenvalue weighted by molar-refractivity contribution is 0.0307. The molecule has 3 N–H and O–H groups in total. The van der Waals surface area contributed by atoms with Crippen molar-refractivity contribution in [3.8, 4) is 5.75 Å². The molecule has 0 heterocycles. The standard InChI is InChI=1S/C13H19F2NO2/c1-2-13(17,9-16)6-3-7-18-12-5-4-10(14)8-11(12)15/h4-5,8,17H,2-3,6-7,9,16H2,1H3. The SMILES string of the molecule is CCC(O)(CN)CCCOc1ccc(F)cc1F. The molecule has 0 aliphatic carbocycles. The highest BCUT2D eigenvalue weighted by atomic mass is 19.1. The zero-order chi connectivity index (χ0) is 13.6. The van der Waals surface area contributed by atoms with Crippen molar-refractivity contribution < 1.29 is 18.6 Å². The summed E-state index contributed by atoms with van der Waals surface area (Å²) in [7, 11) is 0. The highest BCUT2D eigenvalue weighted by molar-refractivity contribution is 5.24. The maximum atomic E-state index is 13.2. The van der Waals surface area contributed by atoms with Gasteiger partial charge in [0.1, 0.15) is 5.82 Å². The lowest BCUT2D eigenvalue weighted by Gasteiger charge is -2.24. The smallest absolute Gasteiger partial charge is 0.167 e. The number of ether oxygens (including phenoxy) is 1. The Balaban J connectivity index is 2.38. The molecule has 1 unspecified atom stereocenters. The Morgan fingerprint density at radius 2 is 2.11 bits per heavy atom. The molecule has 1 atom stereocenters. The van der Waals surface area contributed by atoms with Gasteiger partial charge in [0.05, 0.1) is 12.2 Å². The van der Waals surface area contributed by atoms with E-state index >= 15 is 0 Å². The molecule has 0 aliphatic rings. The first kappa shape index (κ1) is 14.9. The minimum atomic E-state index is -0.884. The molecule has 0 fully saturated rings. The Kier molecular flexibility index (Phi) is 5.50. The van der Waals surface area contributed by atoms with E-state index in [1.807, 2.05) is 6.92 Å². The molecule has 1 aromatic carbocycles. The molecule has 18 heavy (non-hydrogen) atoms. The summed E-state index contributed by atoms with van der Waals surface area (Å²) in [6, 6.07) is 3.16. The average Bonchev–Trinajstić information content (AvgIpc) is 2.36. The van der Waals surface area contributed by atoms with Gasteiger partial charge in [0.2, 0.25) is 0 Å². The predicted octanol–water partition coefficient (Wildman–Crippen LogP) is 2.22. The minimum Gasteiger partial charge on any atom is -0.491 e. The van der Waals surface area contributed by atoms with Crippen molar-refractivity contribution in [1.29, 1.82) is 0 Å². The van der Waals surface area contributed by atoms with Crippen LogP contribution in [0.2, 0.25) is 0 Å². The van der Waals surface area contributed by atoms with Gasteiger partial charge in [0.25, 0.3) is 0 Å². The average molecular weight is 259 g/mol. The lowest BCUT2D eigenvalue weighted by Crippen LogP contribution is -2.37. The highest BCUT2D eigenvalue weighted by Gasteiger charge is 2.21. The Morgan fingerprint density at radius 3 is 2.67 bits per heavy atom. The summed E-state index contributed by atoms with van der Waals surface area (Å²) in [6.45, 7) is 2.30. The second-order valence-corrected chi connectivity index (χ2v) is 4.31. The summed E-state index contributed by atoms with van der Waals surface area (Å²) in [5.41, 5.74) is 4.57. The quantitative estimate of drug-likeness (QED) is 0.738. The van der Waals surface area contributed by atoms with Crippen LogP contribution in [-0.4, -0.2) is 23.9 Å². The molecule has 1 rings (SSSR count). The molecule has 0 aliphatic heterocycles. The second-order valence-electron chi connectivity index (χ2n) is 4.31. The molecule has 0 amide bonds. The summed E-state index contributed by atoms with van der Waals surface area (Å²) < 4.78 is 31.0. The molecule has 5 heteroatoms. The topological polar surface area (TPSA) is 55.5 Å². The number of halogens is 2. The molecule has 102 valence electrons. The van der Waals surface area contributed by atoms with Crippen LogP contribution in [0.3, 0.4) is 0 Å². The predicted molar refractivity (Wildman–Crippen MR) is 65.4 cm³/mol. The van der Waals surface area contributed by atoms with Crippen LogP contribution < -0.4 is 10.5 Å². The molecular weight excluding hydrogens is 240 g/mol. The summed E-state index contributed by atoms with van der Waals surface area (Å²) in [5.74, 6) is -1.34. The number of rotatable bonds is 7. The van der Waals surface area contributed by atoms with E-state index in [2.05, 4.69) is 0 Å². The third-order valence-corrected chi connectivity index (χ3v) is 2.98. The van der Waals surface area contributed by atoms with Crippen LogP contribution in [0.5, 0.6) is 5.75 Å². The molecule has 0 saturated carbocycles. The van der Waals surface area contributed by atoms with Crippen LogP contribution in [0.4, 0.5) is 8.78 Å². The van der Waals surface area contributed by atoms with Crippen LogP contribution >= 0.6 is 0 Å². The summed E-state index contributed by atoms with van der Waals surface area (Å²) in [4.78, 5) is 0. The van der Waals surface area contributed by atoms with Gasteiger partial charge < -0.3 is 15.6 Å². The van der Waals surface area contributed by atoms with E-state index in [4.69, 9.17) is 10.5 Å². The van der Waals surface area contributed by atoms with E-state index in [9.17, 15) is 13.9 Å². The molecule has 3 nitrogen and oxygen atoms in total. The van der Waals surface area contributed by atoms with Crippen molar-refractivity contribution in [2.45, 2.75) is 31.8 Å². The molecule has 0 spiro atoms. The van der Waals surface area contributed by atoms with Gasteiger partial charge in [-0.2, -0.15) is 0 Å². The Bertz CT molecular complexity index is 381. The van der Waals surface area contributed by atoms with E-state index in [1.165, 1.54) is 6.07 Å². The van der Waals surface area contributed by atoms with Gasteiger partial charge in [-0.15, -0.1) is 0 Å². The highest BCUT2D eigenvalue weighted by Crippen LogP contribution is 2.19. The zero-order valence-corrected chi connectivity index (χ0v) is 10.5. The summed E-state index contributed by atoms with van der Waals surface area (Å²) in [5, 5.41) is 9.91. The van der Waals surface area contributed by atoms with Gasteiger partial charge >= 0.3 is 0 Å². The third-order valence-electron chi connectivity index (χ3n) is 2.98. The van der Waals surface area contributed by atoms with E-state index < -0.39 is 17.2 Å². The minimum absolute atomic E-state index is 0.0178.